The average molecular weight is 366 g/mol. The molecule has 0 radical (unpaired) electrons. The van der Waals surface area contributed by atoms with Gasteiger partial charge in [0, 0.05) is 16.5 Å². The molecule has 1 N–H and O–H groups in total. The van der Waals surface area contributed by atoms with Crippen LogP contribution in [0.5, 0.6) is 0 Å². The van der Waals surface area contributed by atoms with Crippen LogP contribution in [-0.4, -0.2) is 4.98 Å². The summed E-state index contributed by atoms with van der Waals surface area (Å²) in [6.07, 6.45) is 0. The molecule has 0 spiro atoms. The molecule has 136 valence electrons. The van der Waals surface area contributed by atoms with Crippen LogP contribution in [-0.2, 0) is 0 Å². The molecule has 0 atom stereocenters. The highest BCUT2D eigenvalue weighted by Gasteiger charge is 2.17. The lowest BCUT2D eigenvalue weighted by molar-refractivity contribution is 0.569. The van der Waals surface area contributed by atoms with Gasteiger partial charge in [0.1, 0.15) is 11.0 Å². The second-order valence-corrected chi connectivity index (χ2v) is 7.06. The lowest BCUT2D eigenvalue weighted by Gasteiger charge is -2.15. The first-order valence-corrected chi connectivity index (χ1v) is 9.20. The van der Waals surface area contributed by atoms with Gasteiger partial charge in [-0.25, -0.2) is 9.78 Å². The van der Waals surface area contributed by atoms with E-state index in [9.17, 15) is 4.79 Å². The first kappa shape index (κ1) is 16.5. The number of nitrogens with zero attached hydrogens (tertiary/aromatic N) is 1. The normalized spacial score (nSPS) is 11.4. The van der Waals surface area contributed by atoms with Gasteiger partial charge in [0.2, 0.25) is 0 Å². The number of aromatic nitrogens is 1. The van der Waals surface area contributed by atoms with E-state index in [1.165, 1.54) is 0 Å². The maximum Gasteiger partial charge on any atom is 0.347 e. The molecule has 0 saturated carbocycles. The molecule has 2 aromatic heterocycles. The third kappa shape index (κ3) is 2.54. The number of benzene rings is 3. The van der Waals surface area contributed by atoms with E-state index in [2.05, 4.69) is 5.32 Å². The van der Waals surface area contributed by atoms with E-state index in [1.54, 1.807) is 0 Å². The smallest absolute Gasteiger partial charge is 0.347 e. The molecule has 28 heavy (non-hydrogen) atoms. The summed E-state index contributed by atoms with van der Waals surface area (Å²) in [5, 5.41) is 5.66. The first-order valence-electron chi connectivity index (χ1n) is 9.20. The molecule has 0 aliphatic heterocycles. The molecule has 0 aliphatic carbocycles. The number of hydrogen-bond donors (Lipinski definition) is 1. The van der Waals surface area contributed by atoms with Crippen LogP contribution in [0.2, 0.25) is 0 Å². The predicted octanol–water partition coefficient (Wildman–Crippen LogP) is 5.85. The van der Waals surface area contributed by atoms with Crippen molar-refractivity contribution in [2.24, 2.45) is 0 Å². The fourth-order valence-corrected chi connectivity index (χ4v) is 3.64. The van der Waals surface area contributed by atoms with Crippen LogP contribution in [0.25, 0.3) is 32.8 Å². The van der Waals surface area contributed by atoms with Gasteiger partial charge < -0.3 is 9.73 Å². The highest BCUT2D eigenvalue weighted by Crippen LogP contribution is 2.35. The monoisotopic (exact) mass is 366 g/mol. The largest absolute Gasteiger partial charge is 0.422 e. The Kier molecular flexibility index (Phi) is 3.66. The van der Waals surface area contributed by atoms with Gasteiger partial charge in [-0.1, -0.05) is 42.5 Å². The molecule has 5 aromatic rings. The maximum absolute atomic E-state index is 13.0. The number of nitrogens with one attached hydrogen (secondary N) is 1. The molecule has 0 aliphatic rings. The zero-order valence-electron chi connectivity index (χ0n) is 15.6. The van der Waals surface area contributed by atoms with Crippen molar-refractivity contribution in [1.82, 2.24) is 4.98 Å². The summed E-state index contributed by atoms with van der Waals surface area (Å²) in [4.78, 5) is 17.8. The maximum atomic E-state index is 13.0. The SMILES string of the molecule is Cc1ccc2c(c1)oc(=O)c1c(Nc3ccccc3C)c3ccccc3nc12. The van der Waals surface area contributed by atoms with Crippen molar-refractivity contribution in [2.75, 3.05) is 5.32 Å². The van der Waals surface area contributed by atoms with E-state index in [1.807, 2.05) is 80.6 Å². The third-order valence-corrected chi connectivity index (χ3v) is 5.10. The van der Waals surface area contributed by atoms with Crippen molar-refractivity contribution in [3.05, 3.63) is 88.3 Å². The molecular formula is C24H18N2O2. The Balaban J connectivity index is 1.94. The molecule has 0 fully saturated rings. The molecule has 4 nitrogen and oxygen atoms in total. The summed E-state index contributed by atoms with van der Waals surface area (Å²) in [6, 6.07) is 21.7. The minimum atomic E-state index is -0.387. The Morgan fingerprint density at radius 2 is 1.68 bits per heavy atom. The Hall–Kier alpha value is -3.66. The van der Waals surface area contributed by atoms with Crippen LogP contribution in [0.4, 0.5) is 11.4 Å². The fourth-order valence-electron chi connectivity index (χ4n) is 3.64. The molecule has 2 heterocycles. The van der Waals surface area contributed by atoms with Crippen LogP contribution < -0.4 is 10.9 Å². The van der Waals surface area contributed by atoms with Crippen LogP contribution in [0, 0.1) is 13.8 Å². The van der Waals surface area contributed by atoms with E-state index in [4.69, 9.17) is 9.40 Å². The molecular weight excluding hydrogens is 348 g/mol. The summed E-state index contributed by atoms with van der Waals surface area (Å²) in [5.41, 5.74) is 5.46. The number of hydrogen-bond acceptors (Lipinski definition) is 4. The van der Waals surface area contributed by atoms with E-state index in [-0.39, 0.29) is 5.63 Å². The van der Waals surface area contributed by atoms with E-state index in [0.717, 1.165) is 38.8 Å². The number of para-hydroxylation sites is 2. The van der Waals surface area contributed by atoms with Gasteiger partial charge in [-0.3, -0.25) is 0 Å². The number of pyridine rings is 1. The predicted molar refractivity (Wildman–Crippen MR) is 114 cm³/mol. The number of fused-ring (bicyclic) bond motifs is 4. The molecule has 0 amide bonds. The molecule has 0 saturated heterocycles. The van der Waals surface area contributed by atoms with Crippen molar-refractivity contribution in [3.63, 3.8) is 0 Å². The van der Waals surface area contributed by atoms with E-state index in [0.29, 0.717) is 16.5 Å². The topological polar surface area (TPSA) is 55.1 Å². The number of rotatable bonds is 2. The third-order valence-electron chi connectivity index (χ3n) is 5.10. The van der Waals surface area contributed by atoms with Gasteiger partial charge in [-0.2, -0.15) is 0 Å². The van der Waals surface area contributed by atoms with Gasteiger partial charge in [-0.05, 0) is 49.2 Å². The molecule has 5 rings (SSSR count). The minimum absolute atomic E-state index is 0.387. The molecule has 0 bridgehead atoms. The summed E-state index contributed by atoms with van der Waals surface area (Å²) in [5.74, 6) is 0. The molecule has 3 aromatic carbocycles. The van der Waals surface area contributed by atoms with Crippen LogP contribution in [0.3, 0.4) is 0 Å². The van der Waals surface area contributed by atoms with Crippen molar-refractivity contribution in [2.45, 2.75) is 13.8 Å². The van der Waals surface area contributed by atoms with Crippen LogP contribution in [0.1, 0.15) is 11.1 Å². The standard InChI is InChI=1S/C24H18N2O2/c1-14-11-12-17-20(13-14)28-24(27)21-22(25-18-9-5-3-7-15(18)2)16-8-4-6-10-19(16)26-23(17)21/h3-13H,1-2H3,(H,25,26). The first-order chi connectivity index (χ1) is 13.6. The highest BCUT2D eigenvalue weighted by molar-refractivity contribution is 6.14. The van der Waals surface area contributed by atoms with Gasteiger partial charge in [0.05, 0.1) is 16.7 Å². The second kappa shape index (κ2) is 6.20. The summed E-state index contributed by atoms with van der Waals surface area (Å²) < 4.78 is 5.68. The summed E-state index contributed by atoms with van der Waals surface area (Å²) in [6.45, 7) is 4.01. The van der Waals surface area contributed by atoms with Gasteiger partial charge in [0.15, 0.2) is 0 Å². The van der Waals surface area contributed by atoms with Crippen LogP contribution in [0.15, 0.2) is 75.9 Å². The molecule has 0 unspecified atom stereocenters. The fraction of sp³-hybridized carbons (Fsp3) is 0.0833. The van der Waals surface area contributed by atoms with Gasteiger partial charge in [-0.15, -0.1) is 0 Å². The second-order valence-electron chi connectivity index (χ2n) is 7.06. The number of anilines is 2. The summed E-state index contributed by atoms with van der Waals surface area (Å²) in [7, 11) is 0. The Morgan fingerprint density at radius 3 is 2.54 bits per heavy atom. The average Bonchev–Trinajstić information content (AvgIpc) is 2.69. The number of aryl methyl sites for hydroxylation is 2. The summed E-state index contributed by atoms with van der Waals surface area (Å²) >= 11 is 0. The lowest BCUT2D eigenvalue weighted by Crippen LogP contribution is -2.06. The van der Waals surface area contributed by atoms with E-state index < -0.39 is 0 Å². The zero-order chi connectivity index (χ0) is 19.3. The minimum Gasteiger partial charge on any atom is -0.422 e. The Labute approximate surface area is 161 Å². The van der Waals surface area contributed by atoms with E-state index >= 15 is 0 Å². The zero-order valence-corrected chi connectivity index (χ0v) is 15.6. The lowest BCUT2D eigenvalue weighted by atomic mass is 10.1. The highest BCUT2D eigenvalue weighted by atomic mass is 16.4. The van der Waals surface area contributed by atoms with Crippen LogP contribution >= 0.6 is 0 Å². The Morgan fingerprint density at radius 1 is 0.893 bits per heavy atom. The van der Waals surface area contributed by atoms with Crippen molar-refractivity contribution >= 4 is 44.1 Å². The van der Waals surface area contributed by atoms with Gasteiger partial charge in [0.25, 0.3) is 0 Å². The molecule has 4 heteroatoms. The quantitative estimate of drug-likeness (QED) is 0.242. The van der Waals surface area contributed by atoms with Gasteiger partial charge >= 0.3 is 5.63 Å². The van der Waals surface area contributed by atoms with Crippen molar-refractivity contribution in [1.29, 1.82) is 0 Å². The Bertz CT molecular complexity index is 1430. The van der Waals surface area contributed by atoms with Crippen molar-refractivity contribution in [3.8, 4) is 0 Å². The van der Waals surface area contributed by atoms with Crippen molar-refractivity contribution < 1.29 is 4.42 Å².